The van der Waals surface area contributed by atoms with Gasteiger partial charge in [0.15, 0.2) is 0 Å². The highest BCUT2D eigenvalue weighted by atomic mass is 35.5. The number of para-hydroxylation sites is 1. The first-order chi connectivity index (χ1) is 18.8. The molecular formula is C33H25ClN2O3. The maximum atomic E-state index is 14.5. The summed E-state index contributed by atoms with van der Waals surface area (Å²) in [5.74, 6) is -1.99. The van der Waals surface area contributed by atoms with Crippen LogP contribution in [-0.4, -0.2) is 17.7 Å². The number of halogens is 1. The van der Waals surface area contributed by atoms with E-state index in [1.54, 1.807) is 42.5 Å². The summed E-state index contributed by atoms with van der Waals surface area (Å²) in [5.41, 5.74) is 5.31. The minimum Gasteiger partial charge on any atom is -0.322 e. The van der Waals surface area contributed by atoms with E-state index >= 15 is 0 Å². The molecule has 5 nitrogen and oxygen atoms in total. The smallest absolute Gasteiger partial charge is 0.257 e. The Morgan fingerprint density at radius 3 is 2.08 bits per heavy atom. The highest BCUT2D eigenvalue weighted by Crippen LogP contribution is 2.67. The topological polar surface area (TPSA) is 66.5 Å². The summed E-state index contributed by atoms with van der Waals surface area (Å²) in [4.78, 5) is 43.6. The Morgan fingerprint density at radius 1 is 0.821 bits per heavy atom. The van der Waals surface area contributed by atoms with Crippen LogP contribution in [0.25, 0.3) is 0 Å². The molecule has 2 bridgehead atoms. The van der Waals surface area contributed by atoms with E-state index in [-0.39, 0.29) is 29.2 Å². The third kappa shape index (κ3) is 3.11. The zero-order chi connectivity index (χ0) is 27.1. The molecule has 1 heterocycles. The molecule has 3 aliphatic carbocycles. The second-order valence-electron chi connectivity index (χ2n) is 10.8. The molecule has 2 atom stereocenters. The summed E-state index contributed by atoms with van der Waals surface area (Å²) in [5, 5.41) is 3.46. The monoisotopic (exact) mass is 532 g/mol. The van der Waals surface area contributed by atoms with E-state index in [0.717, 1.165) is 27.8 Å². The zero-order valence-electron chi connectivity index (χ0n) is 21.4. The number of hydrogen-bond donors (Lipinski definition) is 1. The van der Waals surface area contributed by atoms with Crippen molar-refractivity contribution in [1.82, 2.24) is 0 Å². The lowest BCUT2D eigenvalue weighted by Gasteiger charge is -2.51. The van der Waals surface area contributed by atoms with Gasteiger partial charge in [-0.1, -0.05) is 78.3 Å². The van der Waals surface area contributed by atoms with E-state index in [0.29, 0.717) is 16.4 Å². The summed E-state index contributed by atoms with van der Waals surface area (Å²) < 4.78 is 0. The lowest BCUT2D eigenvalue weighted by molar-refractivity contribution is -0.128. The Balaban J connectivity index is 1.35. The Morgan fingerprint density at radius 2 is 1.41 bits per heavy atom. The summed E-state index contributed by atoms with van der Waals surface area (Å²) >= 11 is 6.26. The quantitative estimate of drug-likeness (QED) is 0.299. The van der Waals surface area contributed by atoms with Gasteiger partial charge in [0.1, 0.15) is 0 Å². The van der Waals surface area contributed by atoms with Gasteiger partial charge in [0.05, 0.1) is 22.6 Å². The van der Waals surface area contributed by atoms with E-state index in [1.165, 1.54) is 4.90 Å². The molecule has 3 amide bonds. The van der Waals surface area contributed by atoms with Crippen LogP contribution in [0.2, 0.25) is 5.02 Å². The highest BCUT2D eigenvalue weighted by Gasteiger charge is 2.69. The third-order valence-corrected chi connectivity index (χ3v) is 9.33. The number of carbonyl (C=O) groups excluding carboxylic acids is 3. The van der Waals surface area contributed by atoms with Crippen LogP contribution in [0.3, 0.4) is 0 Å². The molecule has 0 saturated carbocycles. The van der Waals surface area contributed by atoms with Crippen LogP contribution in [0.15, 0.2) is 91.0 Å². The molecule has 39 heavy (non-hydrogen) atoms. The number of nitrogens with one attached hydrogen (secondary N) is 1. The molecule has 4 aliphatic rings. The third-order valence-electron chi connectivity index (χ3n) is 8.92. The molecule has 0 aromatic heterocycles. The molecule has 6 heteroatoms. The van der Waals surface area contributed by atoms with Crippen LogP contribution in [0, 0.1) is 18.3 Å². The molecule has 192 valence electrons. The number of rotatable bonds is 3. The number of benzene rings is 4. The van der Waals surface area contributed by atoms with Gasteiger partial charge in [-0.3, -0.25) is 14.4 Å². The molecule has 0 spiro atoms. The minimum atomic E-state index is -0.975. The van der Waals surface area contributed by atoms with Gasteiger partial charge < -0.3 is 5.32 Å². The molecule has 1 fully saturated rings. The van der Waals surface area contributed by atoms with Gasteiger partial charge in [-0.15, -0.1) is 0 Å². The van der Waals surface area contributed by atoms with Crippen LogP contribution in [0.5, 0.6) is 0 Å². The second kappa shape index (κ2) is 8.39. The van der Waals surface area contributed by atoms with Gasteiger partial charge in [0.2, 0.25) is 11.8 Å². The molecule has 4 aromatic rings. The van der Waals surface area contributed by atoms with Crippen molar-refractivity contribution in [2.45, 2.75) is 25.7 Å². The van der Waals surface area contributed by atoms with E-state index in [9.17, 15) is 14.4 Å². The Labute approximate surface area is 231 Å². The molecule has 1 saturated heterocycles. The van der Waals surface area contributed by atoms with E-state index in [2.05, 4.69) is 29.6 Å². The van der Waals surface area contributed by atoms with Crippen molar-refractivity contribution in [2.75, 3.05) is 10.2 Å². The average Bonchev–Trinajstić information content (AvgIpc) is 3.16. The van der Waals surface area contributed by atoms with Gasteiger partial charge >= 0.3 is 0 Å². The normalized spacial score (nSPS) is 24.3. The predicted molar refractivity (Wildman–Crippen MR) is 151 cm³/mol. The average molecular weight is 533 g/mol. The first kappa shape index (κ1) is 23.9. The summed E-state index contributed by atoms with van der Waals surface area (Å²) in [7, 11) is 0. The fourth-order valence-corrected chi connectivity index (χ4v) is 7.31. The van der Waals surface area contributed by atoms with Crippen LogP contribution in [0.1, 0.15) is 56.9 Å². The van der Waals surface area contributed by atoms with Crippen LogP contribution in [0.4, 0.5) is 11.4 Å². The Kier molecular flexibility index (Phi) is 5.13. The highest BCUT2D eigenvalue weighted by molar-refractivity contribution is 6.32. The van der Waals surface area contributed by atoms with Crippen molar-refractivity contribution in [1.29, 1.82) is 0 Å². The predicted octanol–water partition coefficient (Wildman–Crippen LogP) is 6.69. The molecule has 0 radical (unpaired) electrons. The van der Waals surface area contributed by atoms with Crippen molar-refractivity contribution in [3.05, 3.63) is 129 Å². The van der Waals surface area contributed by atoms with E-state index < -0.39 is 17.2 Å². The van der Waals surface area contributed by atoms with Gasteiger partial charge in [0, 0.05) is 22.5 Å². The van der Waals surface area contributed by atoms with Gasteiger partial charge in [-0.2, -0.15) is 0 Å². The van der Waals surface area contributed by atoms with Gasteiger partial charge in [-0.05, 0) is 65.9 Å². The number of anilines is 2. The molecule has 0 unspecified atom stereocenters. The fraction of sp³-hybridized carbons (Fsp3) is 0.182. The van der Waals surface area contributed by atoms with Crippen LogP contribution in [-0.2, 0) is 9.59 Å². The Hall–Kier alpha value is -4.22. The van der Waals surface area contributed by atoms with Gasteiger partial charge in [-0.25, -0.2) is 4.90 Å². The summed E-state index contributed by atoms with van der Waals surface area (Å²) in [6.07, 6.45) is 0. The second-order valence-corrected chi connectivity index (χ2v) is 11.2. The first-order valence-corrected chi connectivity index (χ1v) is 13.4. The SMILES string of the molecule is Cc1c(Cl)cccc1NC(=O)c1ccccc1N1C(=O)[C@@H]2C3c4ccccc4C(c4ccccc43)[C@]2(C)C1=O. The van der Waals surface area contributed by atoms with Crippen molar-refractivity contribution in [3.8, 4) is 0 Å². The Bertz CT molecular complexity index is 1680. The maximum absolute atomic E-state index is 14.5. The standard InChI is InChI=1S/C33H25ClN2O3/c1-18-24(34)15-9-16-25(18)35-30(37)23-14-7-8-17-26(23)36-31(38)29-27-19-10-3-5-12-21(19)28(33(29,2)32(36)39)22-13-6-4-11-20(22)27/h3-17,27-29H,1-2H3,(H,35,37)/t27?,28?,29-,33-/m0/s1. The lowest BCUT2D eigenvalue weighted by Crippen LogP contribution is -2.49. The van der Waals surface area contributed by atoms with Crippen molar-refractivity contribution >= 4 is 40.7 Å². The van der Waals surface area contributed by atoms with Crippen molar-refractivity contribution in [2.24, 2.45) is 11.3 Å². The molecule has 1 N–H and O–H groups in total. The minimum absolute atomic E-state index is 0.232. The lowest BCUT2D eigenvalue weighted by atomic mass is 9.48. The summed E-state index contributed by atoms with van der Waals surface area (Å²) in [6, 6.07) is 28.4. The fourth-order valence-electron chi connectivity index (χ4n) is 7.14. The molecule has 8 rings (SSSR count). The zero-order valence-corrected chi connectivity index (χ0v) is 22.2. The van der Waals surface area contributed by atoms with E-state index in [4.69, 9.17) is 11.6 Å². The maximum Gasteiger partial charge on any atom is 0.257 e. The largest absolute Gasteiger partial charge is 0.322 e. The van der Waals surface area contributed by atoms with Gasteiger partial charge in [0.25, 0.3) is 5.91 Å². The molecule has 4 aromatic carbocycles. The van der Waals surface area contributed by atoms with Crippen molar-refractivity contribution in [3.63, 3.8) is 0 Å². The molecule has 1 aliphatic heterocycles. The number of hydrogen-bond acceptors (Lipinski definition) is 3. The summed E-state index contributed by atoms with van der Waals surface area (Å²) in [6.45, 7) is 3.76. The molecular weight excluding hydrogens is 508 g/mol. The first-order valence-electron chi connectivity index (χ1n) is 13.1. The van der Waals surface area contributed by atoms with Crippen molar-refractivity contribution < 1.29 is 14.4 Å². The number of carbonyl (C=O) groups is 3. The van der Waals surface area contributed by atoms with E-state index in [1.807, 2.05) is 38.1 Å². The number of imide groups is 1. The van der Waals surface area contributed by atoms with Crippen LogP contribution >= 0.6 is 11.6 Å². The van der Waals surface area contributed by atoms with Crippen LogP contribution < -0.4 is 10.2 Å². The number of nitrogens with zero attached hydrogens (tertiary/aromatic N) is 1. The number of amides is 3.